The number of methoxy groups -OCH3 is 1. The van der Waals surface area contributed by atoms with E-state index in [1.54, 1.807) is 19.2 Å². The lowest BCUT2D eigenvalue weighted by atomic mass is 10.1. The van der Waals surface area contributed by atoms with Crippen molar-refractivity contribution >= 4 is 5.91 Å². The summed E-state index contributed by atoms with van der Waals surface area (Å²) in [7, 11) is 1.55. The highest BCUT2D eigenvalue weighted by Gasteiger charge is 2.33. The zero-order chi connectivity index (χ0) is 14.1. The highest BCUT2D eigenvalue weighted by atomic mass is 16.5. The third kappa shape index (κ3) is 2.33. The smallest absolute Gasteiger partial charge is 0.257 e. The van der Waals surface area contributed by atoms with Gasteiger partial charge in [-0.3, -0.25) is 9.69 Å². The number of benzene rings is 1. The minimum Gasteiger partial charge on any atom is -0.507 e. The molecule has 0 spiro atoms. The van der Waals surface area contributed by atoms with E-state index in [-0.39, 0.29) is 11.7 Å². The first-order valence-electron chi connectivity index (χ1n) is 7.09. The van der Waals surface area contributed by atoms with E-state index < -0.39 is 0 Å². The van der Waals surface area contributed by atoms with Crippen LogP contribution < -0.4 is 4.74 Å². The molecule has 2 fully saturated rings. The lowest BCUT2D eigenvalue weighted by molar-refractivity contribution is 0.0568. The molecule has 1 aromatic carbocycles. The van der Waals surface area contributed by atoms with E-state index in [1.807, 2.05) is 4.90 Å². The first kappa shape index (κ1) is 13.2. The van der Waals surface area contributed by atoms with E-state index in [0.29, 0.717) is 17.4 Å². The van der Waals surface area contributed by atoms with Gasteiger partial charge in [0.05, 0.1) is 12.7 Å². The van der Waals surface area contributed by atoms with Crippen molar-refractivity contribution in [3.63, 3.8) is 0 Å². The Labute approximate surface area is 118 Å². The minimum absolute atomic E-state index is 0.0182. The SMILES string of the molecule is COc1ccc(O)c(C(=O)N2CCN3CCCC3C2)c1. The van der Waals surface area contributed by atoms with Gasteiger partial charge in [0.15, 0.2) is 0 Å². The lowest BCUT2D eigenvalue weighted by Crippen LogP contribution is -2.52. The van der Waals surface area contributed by atoms with Crippen LogP contribution in [0.5, 0.6) is 11.5 Å². The van der Waals surface area contributed by atoms with Crippen molar-refractivity contribution in [3.8, 4) is 11.5 Å². The van der Waals surface area contributed by atoms with E-state index >= 15 is 0 Å². The normalized spacial score (nSPS) is 22.6. The maximum Gasteiger partial charge on any atom is 0.257 e. The quantitative estimate of drug-likeness (QED) is 0.885. The maximum atomic E-state index is 12.6. The molecule has 1 aromatic rings. The Morgan fingerprint density at radius 3 is 3.00 bits per heavy atom. The predicted octanol–water partition coefficient (Wildman–Crippen LogP) is 1.32. The monoisotopic (exact) mass is 276 g/mol. The Bertz CT molecular complexity index is 518. The van der Waals surface area contributed by atoms with E-state index in [4.69, 9.17) is 4.74 Å². The Morgan fingerprint density at radius 2 is 2.20 bits per heavy atom. The molecule has 0 radical (unpaired) electrons. The predicted molar refractivity (Wildman–Crippen MR) is 75.2 cm³/mol. The highest BCUT2D eigenvalue weighted by Crippen LogP contribution is 2.27. The molecule has 2 heterocycles. The summed E-state index contributed by atoms with van der Waals surface area (Å²) in [5.74, 6) is 0.503. The van der Waals surface area contributed by atoms with Gasteiger partial charge in [-0.2, -0.15) is 0 Å². The number of piperazine rings is 1. The van der Waals surface area contributed by atoms with Crippen LogP contribution in [0.25, 0.3) is 0 Å². The summed E-state index contributed by atoms with van der Waals surface area (Å²) in [6.45, 7) is 3.57. The fourth-order valence-corrected chi connectivity index (χ4v) is 3.16. The molecule has 1 atom stereocenters. The summed E-state index contributed by atoms with van der Waals surface area (Å²) >= 11 is 0. The number of nitrogens with zero attached hydrogens (tertiary/aromatic N) is 2. The van der Waals surface area contributed by atoms with Gasteiger partial charge >= 0.3 is 0 Å². The molecule has 2 aliphatic heterocycles. The van der Waals surface area contributed by atoms with Crippen LogP contribution in [0.1, 0.15) is 23.2 Å². The summed E-state index contributed by atoms with van der Waals surface area (Å²) in [6.07, 6.45) is 2.38. The highest BCUT2D eigenvalue weighted by molar-refractivity contribution is 5.97. The molecule has 20 heavy (non-hydrogen) atoms. The molecule has 3 rings (SSSR count). The van der Waals surface area contributed by atoms with Crippen molar-refractivity contribution in [1.29, 1.82) is 0 Å². The molecule has 2 saturated heterocycles. The molecule has 108 valence electrons. The van der Waals surface area contributed by atoms with E-state index in [2.05, 4.69) is 4.90 Å². The lowest BCUT2D eigenvalue weighted by Gasteiger charge is -2.37. The van der Waals surface area contributed by atoms with Crippen LogP contribution in [0.3, 0.4) is 0 Å². The maximum absolute atomic E-state index is 12.6. The fourth-order valence-electron chi connectivity index (χ4n) is 3.16. The van der Waals surface area contributed by atoms with Crippen LogP contribution in [0.2, 0.25) is 0 Å². The Hall–Kier alpha value is -1.75. The molecule has 5 nitrogen and oxygen atoms in total. The molecule has 0 saturated carbocycles. The summed E-state index contributed by atoms with van der Waals surface area (Å²) < 4.78 is 5.13. The molecule has 0 bridgehead atoms. The summed E-state index contributed by atoms with van der Waals surface area (Å²) in [5, 5.41) is 9.91. The molecule has 0 aliphatic carbocycles. The van der Waals surface area contributed by atoms with Crippen LogP contribution in [-0.4, -0.2) is 60.1 Å². The topological polar surface area (TPSA) is 53.0 Å². The third-order valence-corrected chi connectivity index (χ3v) is 4.31. The number of phenolic OH excluding ortho intramolecular Hbond substituents is 1. The number of carbonyl (C=O) groups is 1. The Morgan fingerprint density at radius 1 is 1.35 bits per heavy atom. The average Bonchev–Trinajstić information content (AvgIpc) is 2.94. The van der Waals surface area contributed by atoms with Crippen molar-refractivity contribution in [3.05, 3.63) is 23.8 Å². The first-order chi connectivity index (χ1) is 9.69. The van der Waals surface area contributed by atoms with Crippen molar-refractivity contribution in [2.45, 2.75) is 18.9 Å². The number of carbonyl (C=O) groups excluding carboxylic acids is 1. The summed E-state index contributed by atoms with van der Waals surface area (Å²) in [6, 6.07) is 5.26. The molecule has 5 heteroatoms. The van der Waals surface area contributed by atoms with Gasteiger partial charge in [-0.15, -0.1) is 0 Å². The van der Waals surface area contributed by atoms with E-state index in [9.17, 15) is 9.90 Å². The number of rotatable bonds is 2. The van der Waals surface area contributed by atoms with E-state index in [0.717, 1.165) is 32.6 Å². The molecule has 1 N–H and O–H groups in total. The van der Waals surface area contributed by atoms with Gasteiger partial charge in [0.2, 0.25) is 0 Å². The van der Waals surface area contributed by atoms with Crippen LogP contribution in [0, 0.1) is 0 Å². The fraction of sp³-hybridized carbons (Fsp3) is 0.533. The van der Waals surface area contributed by atoms with Gasteiger partial charge in [0.25, 0.3) is 5.91 Å². The molecular weight excluding hydrogens is 256 g/mol. The first-order valence-corrected chi connectivity index (χ1v) is 7.09. The number of aromatic hydroxyl groups is 1. The van der Waals surface area contributed by atoms with Crippen LogP contribution in [0.4, 0.5) is 0 Å². The molecule has 2 aliphatic rings. The van der Waals surface area contributed by atoms with Crippen LogP contribution in [-0.2, 0) is 0 Å². The standard InChI is InChI=1S/C15H20N2O3/c1-20-12-4-5-14(18)13(9-12)15(19)17-8-7-16-6-2-3-11(16)10-17/h4-5,9,11,18H,2-3,6-8,10H2,1H3. The van der Waals surface area contributed by atoms with Crippen molar-refractivity contribution in [2.24, 2.45) is 0 Å². The Balaban J connectivity index is 1.78. The van der Waals surface area contributed by atoms with Crippen molar-refractivity contribution in [2.75, 3.05) is 33.3 Å². The second-order valence-electron chi connectivity index (χ2n) is 5.47. The summed E-state index contributed by atoms with van der Waals surface area (Å²) in [4.78, 5) is 16.9. The zero-order valence-corrected chi connectivity index (χ0v) is 11.7. The van der Waals surface area contributed by atoms with Gasteiger partial charge in [-0.25, -0.2) is 0 Å². The van der Waals surface area contributed by atoms with E-state index in [1.165, 1.54) is 12.5 Å². The van der Waals surface area contributed by atoms with Crippen LogP contribution >= 0.6 is 0 Å². The van der Waals surface area contributed by atoms with Crippen LogP contribution in [0.15, 0.2) is 18.2 Å². The third-order valence-electron chi connectivity index (χ3n) is 4.31. The molecule has 1 amide bonds. The number of hydrogen-bond acceptors (Lipinski definition) is 4. The minimum atomic E-state index is -0.104. The number of hydrogen-bond donors (Lipinski definition) is 1. The second kappa shape index (κ2) is 5.32. The molecular formula is C15H20N2O3. The number of phenols is 1. The van der Waals surface area contributed by atoms with Gasteiger partial charge in [-0.1, -0.05) is 0 Å². The van der Waals surface area contributed by atoms with Crippen molar-refractivity contribution in [1.82, 2.24) is 9.80 Å². The van der Waals surface area contributed by atoms with Gasteiger partial charge in [0.1, 0.15) is 11.5 Å². The average molecular weight is 276 g/mol. The second-order valence-corrected chi connectivity index (χ2v) is 5.47. The van der Waals surface area contributed by atoms with Gasteiger partial charge in [0, 0.05) is 25.7 Å². The zero-order valence-electron chi connectivity index (χ0n) is 11.7. The number of fused-ring (bicyclic) bond motifs is 1. The van der Waals surface area contributed by atoms with Gasteiger partial charge in [-0.05, 0) is 37.6 Å². The van der Waals surface area contributed by atoms with Gasteiger partial charge < -0.3 is 14.7 Å². The molecule has 0 aromatic heterocycles. The number of ether oxygens (including phenoxy) is 1. The Kier molecular flexibility index (Phi) is 3.53. The number of amides is 1. The summed E-state index contributed by atoms with van der Waals surface area (Å²) in [5.41, 5.74) is 0.329. The largest absolute Gasteiger partial charge is 0.507 e. The van der Waals surface area contributed by atoms with Crippen molar-refractivity contribution < 1.29 is 14.6 Å². The molecule has 1 unspecified atom stereocenters.